The van der Waals surface area contributed by atoms with Crippen molar-refractivity contribution in [2.24, 2.45) is 0 Å². The number of hydrogen-bond donors (Lipinski definition) is 1. The lowest BCUT2D eigenvalue weighted by atomic mass is 10.1. The fourth-order valence-corrected chi connectivity index (χ4v) is 5.11. The van der Waals surface area contributed by atoms with E-state index in [-0.39, 0.29) is 18.2 Å². The molecule has 112 valence electrons. The minimum atomic E-state index is -0.361. The second kappa shape index (κ2) is 9.94. The third-order valence-corrected chi connectivity index (χ3v) is 6.30. The van der Waals surface area contributed by atoms with E-state index in [2.05, 4.69) is 0 Å². The van der Waals surface area contributed by atoms with Crippen LogP contribution in [0, 0.1) is 0 Å². The molecule has 1 aliphatic rings. The van der Waals surface area contributed by atoms with Crippen molar-refractivity contribution in [2.45, 2.75) is 76.3 Å². The molecule has 0 aliphatic carbocycles. The Morgan fingerprint density at radius 3 is 2.89 bits per heavy atom. The molecular weight excluding hydrogens is 280 g/mol. The highest BCUT2D eigenvalue weighted by molar-refractivity contribution is 8.77. The summed E-state index contributed by atoms with van der Waals surface area (Å²) in [4.78, 5) is 11.6. The molecule has 0 amide bonds. The van der Waals surface area contributed by atoms with Crippen LogP contribution in [0.2, 0.25) is 0 Å². The zero-order valence-corrected chi connectivity index (χ0v) is 13.6. The molecule has 0 saturated carbocycles. The summed E-state index contributed by atoms with van der Waals surface area (Å²) in [7, 11) is 3.96. The van der Waals surface area contributed by atoms with Gasteiger partial charge in [-0.05, 0) is 32.6 Å². The number of unbranched alkanes of at least 4 members (excludes halogenated alkanes) is 1. The second-order valence-electron chi connectivity index (χ2n) is 5.17. The molecule has 0 bridgehead atoms. The smallest absolute Gasteiger partial charge is 0.306 e. The lowest BCUT2D eigenvalue weighted by Crippen LogP contribution is -2.20. The molecule has 0 aromatic rings. The Bertz CT molecular complexity index is 255. The summed E-state index contributed by atoms with van der Waals surface area (Å²) in [6.07, 6.45) is 5.78. The van der Waals surface area contributed by atoms with Gasteiger partial charge in [0.1, 0.15) is 6.10 Å². The standard InChI is InChI=1S/C14H26O3S2/c1-3-12(15)10-11(2)17-14(16)7-5-4-6-13-8-9-18-19-13/h11-13,15H,3-10H2,1-2H3/t11-,12?,13?/m0/s1. The molecule has 0 radical (unpaired) electrons. The van der Waals surface area contributed by atoms with Crippen molar-refractivity contribution in [3.05, 3.63) is 0 Å². The number of carbonyl (C=O) groups excluding carboxylic acids is 1. The Balaban J connectivity index is 2.00. The van der Waals surface area contributed by atoms with Crippen LogP contribution in [0.1, 0.15) is 58.8 Å². The molecule has 3 nitrogen and oxygen atoms in total. The molecule has 1 saturated heterocycles. The number of esters is 1. The van der Waals surface area contributed by atoms with Gasteiger partial charge in [-0.1, -0.05) is 34.9 Å². The van der Waals surface area contributed by atoms with Gasteiger partial charge in [-0.2, -0.15) is 0 Å². The van der Waals surface area contributed by atoms with E-state index in [4.69, 9.17) is 4.74 Å². The zero-order valence-electron chi connectivity index (χ0n) is 12.0. The third-order valence-electron chi connectivity index (χ3n) is 3.29. The minimum Gasteiger partial charge on any atom is -0.463 e. The summed E-state index contributed by atoms with van der Waals surface area (Å²) >= 11 is 0. The molecular formula is C14H26O3S2. The number of aliphatic hydroxyl groups excluding tert-OH is 1. The normalized spacial score (nSPS) is 22.2. The van der Waals surface area contributed by atoms with Crippen molar-refractivity contribution in [1.82, 2.24) is 0 Å². The largest absolute Gasteiger partial charge is 0.463 e. The maximum Gasteiger partial charge on any atom is 0.306 e. The Morgan fingerprint density at radius 1 is 1.47 bits per heavy atom. The quantitative estimate of drug-likeness (QED) is 0.399. The monoisotopic (exact) mass is 306 g/mol. The lowest BCUT2D eigenvalue weighted by Gasteiger charge is -2.16. The van der Waals surface area contributed by atoms with Gasteiger partial charge in [0.05, 0.1) is 6.10 Å². The molecule has 0 spiro atoms. The highest BCUT2D eigenvalue weighted by Crippen LogP contribution is 2.39. The van der Waals surface area contributed by atoms with Crippen molar-refractivity contribution in [2.75, 3.05) is 5.75 Å². The van der Waals surface area contributed by atoms with Gasteiger partial charge in [0, 0.05) is 23.8 Å². The first-order valence-corrected chi connectivity index (χ1v) is 9.65. The van der Waals surface area contributed by atoms with Crippen LogP contribution in [-0.2, 0) is 9.53 Å². The molecule has 0 aromatic heterocycles. The van der Waals surface area contributed by atoms with E-state index in [1.807, 2.05) is 35.4 Å². The molecule has 0 aromatic carbocycles. The van der Waals surface area contributed by atoms with Crippen molar-refractivity contribution in [3.8, 4) is 0 Å². The predicted molar refractivity (Wildman–Crippen MR) is 83.4 cm³/mol. The fraction of sp³-hybridized carbons (Fsp3) is 0.929. The van der Waals surface area contributed by atoms with E-state index in [0.717, 1.165) is 18.1 Å². The molecule has 1 rings (SSSR count). The SMILES string of the molecule is CCC(O)C[C@H](C)OC(=O)CCCCC1CCSS1. The lowest BCUT2D eigenvalue weighted by molar-refractivity contribution is -0.149. The number of ether oxygens (including phenoxy) is 1. The molecule has 1 fully saturated rings. The fourth-order valence-electron chi connectivity index (χ4n) is 2.09. The van der Waals surface area contributed by atoms with Gasteiger partial charge in [-0.25, -0.2) is 0 Å². The van der Waals surface area contributed by atoms with Crippen molar-refractivity contribution < 1.29 is 14.6 Å². The highest BCUT2D eigenvalue weighted by Gasteiger charge is 2.16. The van der Waals surface area contributed by atoms with Crippen LogP contribution in [0.25, 0.3) is 0 Å². The number of carbonyl (C=O) groups is 1. The van der Waals surface area contributed by atoms with Crippen molar-refractivity contribution >= 4 is 27.6 Å². The zero-order chi connectivity index (χ0) is 14.1. The van der Waals surface area contributed by atoms with Gasteiger partial charge in [-0.3, -0.25) is 4.79 Å². The molecule has 3 atom stereocenters. The number of aliphatic hydroxyl groups is 1. The van der Waals surface area contributed by atoms with E-state index in [1.165, 1.54) is 18.6 Å². The third kappa shape index (κ3) is 8.10. The first kappa shape index (κ1) is 17.2. The maximum absolute atomic E-state index is 11.6. The Kier molecular flexibility index (Phi) is 8.99. The summed E-state index contributed by atoms with van der Waals surface area (Å²) in [6, 6.07) is 0. The van der Waals surface area contributed by atoms with Crippen LogP contribution in [0.4, 0.5) is 0 Å². The van der Waals surface area contributed by atoms with Crippen molar-refractivity contribution in [3.63, 3.8) is 0 Å². The second-order valence-corrected chi connectivity index (χ2v) is 7.96. The molecule has 1 aliphatic heterocycles. The van der Waals surface area contributed by atoms with Crippen LogP contribution >= 0.6 is 21.6 Å². The van der Waals surface area contributed by atoms with Gasteiger partial charge >= 0.3 is 5.97 Å². The summed E-state index contributed by atoms with van der Waals surface area (Å²) in [5.74, 6) is 1.15. The van der Waals surface area contributed by atoms with Crippen molar-refractivity contribution in [1.29, 1.82) is 0 Å². The summed E-state index contributed by atoms with van der Waals surface area (Å²) < 4.78 is 5.29. The average molecular weight is 306 g/mol. The molecule has 1 N–H and O–H groups in total. The number of hydrogen-bond acceptors (Lipinski definition) is 5. The highest BCUT2D eigenvalue weighted by atomic mass is 33.1. The van der Waals surface area contributed by atoms with Gasteiger partial charge in [0.25, 0.3) is 0 Å². The van der Waals surface area contributed by atoms with Crippen LogP contribution in [0.3, 0.4) is 0 Å². The van der Waals surface area contributed by atoms with E-state index >= 15 is 0 Å². The van der Waals surface area contributed by atoms with Gasteiger partial charge in [0.15, 0.2) is 0 Å². The van der Waals surface area contributed by atoms with Gasteiger partial charge in [0.2, 0.25) is 0 Å². The Hall–Kier alpha value is 0.130. The predicted octanol–water partition coefficient (Wildman–Crippen LogP) is 3.79. The molecule has 1 heterocycles. The Labute approximate surface area is 124 Å². The molecule has 2 unspecified atom stereocenters. The first-order valence-electron chi connectivity index (χ1n) is 7.27. The van der Waals surface area contributed by atoms with Gasteiger partial charge in [-0.15, -0.1) is 0 Å². The van der Waals surface area contributed by atoms with Crippen LogP contribution in [0.5, 0.6) is 0 Å². The first-order chi connectivity index (χ1) is 9.11. The summed E-state index contributed by atoms with van der Waals surface area (Å²) in [5.41, 5.74) is 0. The number of rotatable bonds is 9. The Morgan fingerprint density at radius 2 is 2.26 bits per heavy atom. The van der Waals surface area contributed by atoms with Gasteiger partial charge < -0.3 is 9.84 Å². The topological polar surface area (TPSA) is 46.5 Å². The summed E-state index contributed by atoms with van der Waals surface area (Å²) in [6.45, 7) is 3.78. The van der Waals surface area contributed by atoms with E-state index in [0.29, 0.717) is 19.3 Å². The van der Waals surface area contributed by atoms with Crippen LogP contribution in [-0.4, -0.2) is 34.3 Å². The summed E-state index contributed by atoms with van der Waals surface area (Å²) in [5, 5.41) is 10.3. The van der Waals surface area contributed by atoms with E-state index in [1.54, 1.807) is 0 Å². The molecule has 5 heteroatoms. The average Bonchev–Trinajstić information content (AvgIpc) is 2.87. The minimum absolute atomic E-state index is 0.121. The van der Waals surface area contributed by atoms with E-state index < -0.39 is 0 Å². The van der Waals surface area contributed by atoms with Crippen LogP contribution < -0.4 is 0 Å². The van der Waals surface area contributed by atoms with Crippen LogP contribution in [0.15, 0.2) is 0 Å². The molecule has 19 heavy (non-hydrogen) atoms. The van der Waals surface area contributed by atoms with E-state index in [9.17, 15) is 9.90 Å². The maximum atomic E-state index is 11.6.